The number of aliphatic hydroxyl groups is 1. The first-order chi connectivity index (χ1) is 19.7. The number of carbonyl (C=O) groups is 5. The Morgan fingerprint density at radius 1 is 0.976 bits per heavy atom. The largest absolute Gasteiger partial charge is 0.460 e. The van der Waals surface area contributed by atoms with Crippen molar-refractivity contribution in [1.29, 1.82) is 0 Å². The number of hydrogen-bond donors (Lipinski definition) is 3. The van der Waals surface area contributed by atoms with Crippen molar-refractivity contribution in [2.75, 3.05) is 20.1 Å². The van der Waals surface area contributed by atoms with Crippen molar-refractivity contribution in [3.8, 4) is 0 Å². The van der Waals surface area contributed by atoms with Crippen molar-refractivity contribution in [3.63, 3.8) is 0 Å². The summed E-state index contributed by atoms with van der Waals surface area (Å²) in [5.41, 5.74) is -2.37. The van der Waals surface area contributed by atoms with Gasteiger partial charge in [0.25, 0.3) is 5.91 Å². The molecule has 1 rings (SSSR count). The summed E-state index contributed by atoms with van der Waals surface area (Å²) >= 11 is 0. The summed E-state index contributed by atoms with van der Waals surface area (Å²) in [5.74, 6) is -3.98. The maximum absolute atomic E-state index is 13.2. The number of nitrogens with one attached hydrogen (secondary N) is 2. The highest BCUT2D eigenvalue weighted by Crippen LogP contribution is 2.23. The Morgan fingerprint density at radius 3 is 2.10 bits per heavy atom. The molecule has 0 saturated carbocycles. The van der Waals surface area contributed by atoms with Crippen LogP contribution in [-0.4, -0.2) is 71.3 Å². The number of likely N-dealkylation sites (N-methyl/N-ethyl adjacent to an activating group) is 1. The minimum absolute atomic E-state index is 0.0801. The molecule has 10 heteroatoms. The van der Waals surface area contributed by atoms with Gasteiger partial charge in [-0.25, -0.2) is 0 Å². The van der Waals surface area contributed by atoms with Crippen molar-refractivity contribution in [2.24, 2.45) is 11.8 Å². The molecule has 42 heavy (non-hydrogen) atoms. The van der Waals surface area contributed by atoms with Crippen molar-refractivity contribution < 1.29 is 33.8 Å². The van der Waals surface area contributed by atoms with Gasteiger partial charge in [0.2, 0.25) is 11.8 Å². The highest BCUT2D eigenvalue weighted by atomic mass is 16.5. The summed E-state index contributed by atoms with van der Waals surface area (Å²) in [6.45, 7) is 9.81. The van der Waals surface area contributed by atoms with E-state index in [9.17, 15) is 29.1 Å². The van der Waals surface area contributed by atoms with Gasteiger partial charge in [0.05, 0.1) is 12.5 Å². The first-order valence-corrected chi connectivity index (χ1v) is 15.4. The molecule has 3 N–H and O–H groups in total. The number of hydrogen-bond acceptors (Lipinski definition) is 7. The Morgan fingerprint density at radius 2 is 1.52 bits per heavy atom. The van der Waals surface area contributed by atoms with Gasteiger partial charge in [-0.05, 0) is 31.8 Å². The van der Waals surface area contributed by atoms with Gasteiger partial charge in [0, 0.05) is 18.8 Å². The zero-order valence-corrected chi connectivity index (χ0v) is 26.3. The third-order valence-corrected chi connectivity index (χ3v) is 7.58. The van der Waals surface area contributed by atoms with Gasteiger partial charge in [-0.15, -0.1) is 0 Å². The second-order valence-electron chi connectivity index (χ2n) is 12.0. The third-order valence-electron chi connectivity index (χ3n) is 7.58. The molecule has 1 aliphatic heterocycles. The van der Waals surface area contributed by atoms with Crippen LogP contribution < -0.4 is 10.6 Å². The van der Waals surface area contributed by atoms with Crippen molar-refractivity contribution in [3.05, 3.63) is 24.4 Å². The second-order valence-corrected chi connectivity index (χ2v) is 12.0. The van der Waals surface area contributed by atoms with Crippen LogP contribution in [-0.2, 0) is 28.7 Å². The van der Waals surface area contributed by atoms with Crippen LogP contribution in [0.5, 0.6) is 0 Å². The molecule has 0 aromatic carbocycles. The molecule has 0 aliphatic carbocycles. The lowest BCUT2D eigenvalue weighted by Crippen LogP contribution is -2.55. The van der Waals surface area contributed by atoms with E-state index in [1.165, 1.54) is 65.0 Å². The fourth-order valence-electron chi connectivity index (χ4n) is 4.82. The Labute approximate surface area is 251 Å². The Kier molecular flexibility index (Phi) is 16.9. The summed E-state index contributed by atoms with van der Waals surface area (Å²) in [7, 11) is 1.42. The van der Waals surface area contributed by atoms with Gasteiger partial charge in [0.15, 0.2) is 11.4 Å². The van der Waals surface area contributed by atoms with Gasteiger partial charge in [-0.1, -0.05) is 91.6 Å². The fraction of sp³-hybridized carbons (Fsp3) is 0.719. The number of rotatable bonds is 13. The normalized spacial score (nSPS) is 23.5. The highest BCUT2D eigenvalue weighted by molar-refractivity contribution is 6.10. The summed E-state index contributed by atoms with van der Waals surface area (Å²) in [6, 6.07) is 0. The predicted molar refractivity (Wildman–Crippen MR) is 162 cm³/mol. The molecule has 238 valence electrons. The molecular formula is C32H53N3O7. The molecular weight excluding hydrogens is 538 g/mol. The number of unbranched alkanes of at least 4 members (excludes halogenated alkanes) is 9. The van der Waals surface area contributed by atoms with Crippen LogP contribution in [0.4, 0.5) is 0 Å². The SMILES string of the molecule is C=C1C=CC(=O)N(C)CC(=O)OC(CCCCCCCCCCCCC(C)C)C(C)C(=O)C(C)(O)C(=O)NCC(=O)N1. The minimum Gasteiger partial charge on any atom is -0.460 e. The topological polar surface area (TPSA) is 142 Å². The van der Waals surface area contributed by atoms with Crippen LogP contribution in [0, 0.1) is 11.8 Å². The van der Waals surface area contributed by atoms with E-state index < -0.39 is 53.6 Å². The predicted octanol–water partition coefficient (Wildman–Crippen LogP) is 3.97. The number of ether oxygens (including phenoxy) is 1. The third kappa shape index (κ3) is 14.2. The molecule has 0 bridgehead atoms. The Bertz CT molecular complexity index is 958. The number of Topliss-reactive ketones (excluding diaryl/α,β-unsaturated/α-hetero) is 1. The molecule has 0 aromatic heterocycles. The smallest absolute Gasteiger partial charge is 0.325 e. The van der Waals surface area contributed by atoms with Crippen LogP contribution in [0.3, 0.4) is 0 Å². The summed E-state index contributed by atoms with van der Waals surface area (Å²) < 4.78 is 5.65. The van der Waals surface area contributed by atoms with Gasteiger partial charge in [-0.3, -0.25) is 24.0 Å². The average molecular weight is 592 g/mol. The van der Waals surface area contributed by atoms with E-state index in [4.69, 9.17) is 4.74 Å². The molecule has 0 radical (unpaired) electrons. The van der Waals surface area contributed by atoms with Crippen LogP contribution in [0.15, 0.2) is 24.4 Å². The Hall–Kier alpha value is -3.01. The van der Waals surface area contributed by atoms with Gasteiger partial charge >= 0.3 is 5.97 Å². The van der Waals surface area contributed by atoms with E-state index in [2.05, 4.69) is 31.1 Å². The van der Waals surface area contributed by atoms with Crippen LogP contribution in [0.1, 0.15) is 105 Å². The number of esters is 1. The average Bonchev–Trinajstić information content (AvgIpc) is 2.92. The van der Waals surface area contributed by atoms with Crippen molar-refractivity contribution in [2.45, 2.75) is 116 Å². The van der Waals surface area contributed by atoms with Gasteiger partial charge < -0.3 is 25.4 Å². The lowest BCUT2D eigenvalue weighted by Gasteiger charge is -2.29. The van der Waals surface area contributed by atoms with E-state index in [1.54, 1.807) is 0 Å². The van der Waals surface area contributed by atoms with Crippen molar-refractivity contribution >= 4 is 29.5 Å². The molecule has 3 amide bonds. The number of nitrogens with zero attached hydrogens (tertiary/aromatic N) is 1. The molecule has 0 spiro atoms. The quantitative estimate of drug-likeness (QED) is 0.167. The summed E-state index contributed by atoms with van der Waals surface area (Å²) in [6.07, 6.45) is 14.5. The van der Waals surface area contributed by atoms with Gasteiger partial charge in [0.1, 0.15) is 12.6 Å². The highest BCUT2D eigenvalue weighted by Gasteiger charge is 2.44. The molecule has 3 unspecified atom stereocenters. The number of carbonyl (C=O) groups excluding carboxylic acids is 5. The standard InChI is InChI=1S/C32H53N3O7/c1-23(2)17-15-13-11-9-7-8-10-12-14-16-18-26-25(4)30(39)32(5,41)31(40)33-21-27(36)34-24(3)19-20-28(37)35(6)22-29(38)42-26/h19-20,23,25-26,41H,3,7-18,21-22H2,1-2,4-6H3,(H,33,40)(H,34,36). The first-order valence-electron chi connectivity index (χ1n) is 15.4. The summed E-state index contributed by atoms with van der Waals surface area (Å²) in [4.78, 5) is 64.3. The van der Waals surface area contributed by atoms with E-state index in [0.29, 0.717) is 12.8 Å². The number of cyclic esters (lactones) is 1. The first kappa shape index (κ1) is 37.0. The summed E-state index contributed by atoms with van der Waals surface area (Å²) in [5, 5.41) is 15.4. The lowest BCUT2D eigenvalue weighted by atomic mass is 9.85. The zero-order valence-electron chi connectivity index (χ0n) is 26.3. The number of amides is 3. The van der Waals surface area contributed by atoms with Crippen molar-refractivity contribution in [1.82, 2.24) is 15.5 Å². The van der Waals surface area contributed by atoms with Crippen LogP contribution in [0.2, 0.25) is 0 Å². The molecule has 1 aliphatic rings. The molecule has 1 heterocycles. The Balaban J connectivity index is 2.77. The van der Waals surface area contributed by atoms with Gasteiger partial charge in [-0.2, -0.15) is 0 Å². The molecule has 0 aromatic rings. The molecule has 0 saturated heterocycles. The fourth-order valence-corrected chi connectivity index (χ4v) is 4.82. The van der Waals surface area contributed by atoms with E-state index in [-0.39, 0.29) is 12.2 Å². The van der Waals surface area contributed by atoms with E-state index in [1.807, 2.05) is 0 Å². The maximum Gasteiger partial charge on any atom is 0.325 e. The second kappa shape index (κ2) is 19.2. The molecule has 3 atom stereocenters. The number of ketones is 1. The van der Waals surface area contributed by atoms with E-state index >= 15 is 0 Å². The molecule has 0 fully saturated rings. The number of allylic oxidation sites excluding steroid dienone is 1. The van der Waals surface area contributed by atoms with Crippen LogP contribution >= 0.6 is 0 Å². The maximum atomic E-state index is 13.2. The zero-order chi connectivity index (χ0) is 31.7. The monoisotopic (exact) mass is 591 g/mol. The lowest BCUT2D eigenvalue weighted by molar-refractivity contribution is -0.162. The van der Waals surface area contributed by atoms with E-state index in [0.717, 1.165) is 43.1 Å². The minimum atomic E-state index is -2.45. The van der Waals surface area contributed by atoms with Crippen LogP contribution in [0.25, 0.3) is 0 Å². The molecule has 10 nitrogen and oxygen atoms in total.